The Labute approximate surface area is 168 Å². The molecule has 0 aliphatic rings. The number of benzene rings is 1. The average molecular weight is 441 g/mol. The molecule has 11 heteroatoms. The molecular weight excluding hydrogens is 414 g/mol. The molecule has 0 radical (unpaired) electrons. The van der Waals surface area contributed by atoms with Crippen LogP contribution in [0.3, 0.4) is 0 Å². The fourth-order valence-corrected chi connectivity index (χ4v) is 4.81. The van der Waals surface area contributed by atoms with Gasteiger partial charge in [-0.15, -0.1) is 0 Å². The molecule has 1 N–H and O–H groups in total. The maximum absolute atomic E-state index is 14.0. The fraction of sp³-hybridized carbons (Fsp3) is 0.611. The van der Waals surface area contributed by atoms with Gasteiger partial charge in [-0.2, -0.15) is 13.2 Å². The number of anilines is 1. The third-order valence-electron chi connectivity index (χ3n) is 3.86. The standard InChI is InChI=1S/C18H27F3NO6P/c1-5-26-16(23)12-15(29(24,27-6-2)28-7-3)17(18(19,20)21)22-13-8-10-14(25-4)11-9-13/h8-11,15,17,22H,5-7,12H2,1-4H3. The minimum Gasteiger partial charge on any atom is -0.497 e. The summed E-state index contributed by atoms with van der Waals surface area (Å²) in [6, 6.07) is 3.32. The Kier molecular flexibility index (Phi) is 9.95. The highest BCUT2D eigenvalue weighted by Crippen LogP contribution is 2.57. The normalized spacial score (nSPS) is 14.2. The zero-order valence-electron chi connectivity index (χ0n) is 16.8. The maximum atomic E-state index is 14.0. The Morgan fingerprint density at radius 3 is 2.03 bits per heavy atom. The molecule has 0 amide bonds. The molecule has 0 saturated carbocycles. The topological polar surface area (TPSA) is 83.1 Å². The molecule has 2 atom stereocenters. The van der Waals surface area contributed by atoms with E-state index in [9.17, 15) is 22.5 Å². The molecule has 0 spiro atoms. The molecule has 29 heavy (non-hydrogen) atoms. The van der Waals surface area contributed by atoms with E-state index in [1.54, 1.807) is 0 Å². The van der Waals surface area contributed by atoms with Gasteiger partial charge in [0.1, 0.15) is 17.5 Å². The van der Waals surface area contributed by atoms with Crippen LogP contribution in [0.1, 0.15) is 27.2 Å². The molecule has 0 saturated heterocycles. The molecule has 166 valence electrons. The summed E-state index contributed by atoms with van der Waals surface area (Å²) in [6.07, 6.45) is -5.65. The first kappa shape index (κ1) is 25.3. The quantitative estimate of drug-likeness (QED) is 0.374. The lowest BCUT2D eigenvalue weighted by Gasteiger charge is -2.34. The minimum absolute atomic E-state index is 0.0261. The number of alkyl halides is 3. The molecule has 1 aromatic carbocycles. The lowest BCUT2D eigenvalue weighted by atomic mass is 10.1. The second-order valence-electron chi connectivity index (χ2n) is 5.84. The molecule has 1 aromatic rings. The number of carbonyl (C=O) groups excluding carboxylic acids is 1. The van der Waals surface area contributed by atoms with Gasteiger partial charge in [-0.05, 0) is 45.0 Å². The maximum Gasteiger partial charge on any atom is 0.409 e. The molecule has 1 rings (SSSR count). The van der Waals surface area contributed by atoms with E-state index in [4.69, 9.17) is 18.5 Å². The van der Waals surface area contributed by atoms with E-state index in [1.807, 2.05) is 0 Å². The Hall–Kier alpha value is -1.77. The van der Waals surface area contributed by atoms with Gasteiger partial charge >= 0.3 is 19.7 Å². The summed E-state index contributed by atoms with van der Waals surface area (Å²) >= 11 is 0. The zero-order chi connectivity index (χ0) is 22.1. The number of halogens is 3. The van der Waals surface area contributed by atoms with Crippen LogP contribution in [-0.4, -0.2) is 50.8 Å². The van der Waals surface area contributed by atoms with Crippen LogP contribution in [0.5, 0.6) is 5.75 Å². The molecule has 2 unspecified atom stereocenters. The number of esters is 1. The Morgan fingerprint density at radius 2 is 1.62 bits per heavy atom. The van der Waals surface area contributed by atoms with Crippen LogP contribution in [0.25, 0.3) is 0 Å². The molecule has 0 fully saturated rings. The van der Waals surface area contributed by atoms with Gasteiger partial charge in [0.2, 0.25) is 0 Å². The summed E-state index contributed by atoms with van der Waals surface area (Å²) in [7, 11) is -2.89. The van der Waals surface area contributed by atoms with Crippen molar-refractivity contribution in [1.82, 2.24) is 0 Å². The monoisotopic (exact) mass is 441 g/mol. The van der Waals surface area contributed by atoms with Crippen molar-refractivity contribution in [3.8, 4) is 5.75 Å². The largest absolute Gasteiger partial charge is 0.497 e. The number of rotatable bonds is 12. The lowest BCUT2D eigenvalue weighted by molar-refractivity contribution is -0.151. The first-order valence-corrected chi connectivity index (χ1v) is 10.7. The van der Waals surface area contributed by atoms with Crippen molar-refractivity contribution in [3.05, 3.63) is 24.3 Å². The summed E-state index contributed by atoms with van der Waals surface area (Å²) in [4.78, 5) is 12.0. The highest BCUT2D eigenvalue weighted by atomic mass is 31.2. The van der Waals surface area contributed by atoms with Crippen molar-refractivity contribution in [3.63, 3.8) is 0 Å². The van der Waals surface area contributed by atoms with E-state index < -0.39 is 37.9 Å². The minimum atomic E-state index is -4.86. The van der Waals surface area contributed by atoms with Crippen molar-refractivity contribution < 1.29 is 41.1 Å². The van der Waals surface area contributed by atoms with Gasteiger partial charge in [-0.3, -0.25) is 9.36 Å². The SMILES string of the molecule is CCOC(=O)CC(C(Nc1ccc(OC)cc1)C(F)(F)F)P(=O)(OCC)OCC. The van der Waals surface area contributed by atoms with Crippen LogP contribution in [0, 0.1) is 0 Å². The average Bonchev–Trinajstić information content (AvgIpc) is 2.64. The predicted octanol–water partition coefficient (Wildman–Crippen LogP) is 4.63. The molecule has 0 aliphatic heterocycles. The van der Waals surface area contributed by atoms with Crippen molar-refractivity contribution >= 4 is 19.3 Å². The van der Waals surface area contributed by atoms with Crippen LogP contribution in [0.2, 0.25) is 0 Å². The van der Waals surface area contributed by atoms with Gasteiger partial charge < -0.3 is 23.8 Å². The smallest absolute Gasteiger partial charge is 0.409 e. The molecule has 0 bridgehead atoms. The number of hydrogen-bond donors (Lipinski definition) is 1. The highest BCUT2D eigenvalue weighted by molar-refractivity contribution is 7.54. The zero-order valence-corrected chi connectivity index (χ0v) is 17.7. The van der Waals surface area contributed by atoms with Gasteiger partial charge in [0, 0.05) is 5.69 Å². The number of hydrogen-bond acceptors (Lipinski definition) is 7. The van der Waals surface area contributed by atoms with Crippen LogP contribution in [0.4, 0.5) is 18.9 Å². The summed E-state index contributed by atoms with van der Waals surface area (Å²) in [6.45, 7) is 4.16. The van der Waals surface area contributed by atoms with E-state index >= 15 is 0 Å². The number of nitrogens with one attached hydrogen (secondary N) is 1. The molecule has 0 heterocycles. The third-order valence-corrected chi connectivity index (χ3v) is 6.38. The van der Waals surface area contributed by atoms with E-state index in [0.29, 0.717) is 5.75 Å². The number of ether oxygens (including phenoxy) is 2. The van der Waals surface area contributed by atoms with Gasteiger partial charge in [-0.25, -0.2) is 0 Å². The highest BCUT2D eigenvalue weighted by Gasteiger charge is 2.54. The van der Waals surface area contributed by atoms with Crippen LogP contribution in [-0.2, 0) is 23.1 Å². The fourth-order valence-electron chi connectivity index (χ4n) is 2.65. The van der Waals surface area contributed by atoms with Gasteiger partial charge in [0.25, 0.3) is 0 Å². The van der Waals surface area contributed by atoms with Crippen LogP contribution < -0.4 is 10.1 Å². The van der Waals surface area contributed by atoms with Gasteiger partial charge in [0.15, 0.2) is 0 Å². The summed E-state index contributed by atoms with van der Waals surface area (Å²) in [5, 5.41) is 2.32. The molecule has 7 nitrogen and oxygen atoms in total. The Bertz CT molecular complexity index is 673. The van der Waals surface area contributed by atoms with Crippen molar-refractivity contribution in [2.75, 3.05) is 32.2 Å². The van der Waals surface area contributed by atoms with E-state index in [-0.39, 0.29) is 25.5 Å². The molecule has 0 aliphatic carbocycles. The van der Waals surface area contributed by atoms with E-state index in [0.717, 1.165) is 0 Å². The second-order valence-corrected chi connectivity index (χ2v) is 8.10. The number of carbonyl (C=O) groups is 1. The number of methoxy groups -OCH3 is 1. The van der Waals surface area contributed by atoms with Gasteiger partial charge in [0.05, 0.1) is 33.4 Å². The van der Waals surface area contributed by atoms with Crippen molar-refractivity contribution in [2.45, 2.75) is 45.1 Å². The second kappa shape index (κ2) is 11.4. The van der Waals surface area contributed by atoms with Crippen molar-refractivity contribution in [2.24, 2.45) is 0 Å². The summed E-state index contributed by atoms with van der Waals surface area (Å²) in [5.74, 6) is -0.473. The third kappa shape index (κ3) is 7.53. The first-order chi connectivity index (χ1) is 13.6. The first-order valence-electron chi connectivity index (χ1n) is 9.12. The Morgan fingerprint density at radius 1 is 1.07 bits per heavy atom. The van der Waals surface area contributed by atoms with E-state index in [2.05, 4.69) is 5.32 Å². The predicted molar refractivity (Wildman–Crippen MR) is 102 cm³/mol. The van der Waals surface area contributed by atoms with E-state index in [1.165, 1.54) is 52.1 Å². The van der Waals surface area contributed by atoms with Gasteiger partial charge in [-0.1, -0.05) is 0 Å². The summed E-state index contributed by atoms with van der Waals surface area (Å²) in [5.41, 5.74) is -1.75. The Balaban J connectivity index is 3.36. The van der Waals surface area contributed by atoms with Crippen molar-refractivity contribution in [1.29, 1.82) is 0 Å². The summed E-state index contributed by atoms with van der Waals surface area (Å²) < 4.78 is 75.2. The molecule has 0 aromatic heterocycles. The van der Waals surface area contributed by atoms with Crippen LogP contribution >= 0.6 is 7.60 Å². The lowest BCUT2D eigenvalue weighted by Crippen LogP contribution is -2.47. The van der Waals surface area contributed by atoms with Crippen LogP contribution in [0.15, 0.2) is 24.3 Å². The molecular formula is C18H27F3NO6P.